The lowest BCUT2D eigenvalue weighted by Gasteiger charge is -2.35. The van der Waals surface area contributed by atoms with E-state index in [4.69, 9.17) is 5.41 Å². The highest BCUT2D eigenvalue weighted by molar-refractivity contribution is 7.96. The van der Waals surface area contributed by atoms with Crippen LogP contribution in [0.15, 0.2) is 30.5 Å². The third-order valence-corrected chi connectivity index (χ3v) is 5.51. The second-order valence-electron chi connectivity index (χ2n) is 7.12. The van der Waals surface area contributed by atoms with Gasteiger partial charge in [-0.1, -0.05) is 18.0 Å². The van der Waals surface area contributed by atoms with Gasteiger partial charge >= 0.3 is 0 Å². The van der Waals surface area contributed by atoms with Crippen LogP contribution in [0.2, 0.25) is 0 Å². The van der Waals surface area contributed by atoms with Gasteiger partial charge in [-0.15, -0.1) is 0 Å². The molecule has 3 N–H and O–H groups in total. The molecule has 1 aromatic carbocycles. The quantitative estimate of drug-likeness (QED) is 0.428. The lowest BCUT2D eigenvalue weighted by atomic mass is 9.96. The Bertz CT molecular complexity index is 949. The Balaban J connectivity index is 1.81. The molecule has 1 fully saturated rings. The molecule has 1 atom stereocenters. The number of alkyl halides is 2. The number of nitriles is 1. The zero-order valence-corrected chi connectivity index (χ0v) is 17.5. The highest BCUT2D eigenvalue weighted by Crippen LogP contribution is 2.30. The Hall–Kier alpha value is -2.70. The number of anilines is 1. The van der Waals surface area contributed by atoms with E-state index in [9.17, 15) is 14.0 Å². The molecule has 0 spiro atoms. The van der Waals surface area contributed by atoms with E-state index in [2.05, 4.69) is 25.7 Å². The largest absolute Gasteiger partial charge is 0.370 e. The number of aromatic nitrogens is 2. The molecule has 0 saturated carbocycles. The van der Waals surface area contributed by atoms with Gasteiger partial charge in [0.25, 0.3) is 6.43 Å². The SMILES string of the molecule is CSNCC1CCCN(c2cc(-c3cnc(/C=C\C(=N)C(F)F)[nH]3)ccc2C#N)C1. The maximum atomic E-state index is 12.4. The van der Waals surface area contributed by atoms with Crippen molar-refractivity contribution in [1.29, 1.82) is 10.7 Å². The summed E-state index contributed by atoms with van der Waals surface area (Å²) < 4.78 is 28.2. The van der Waals surface area contributed by atoms with Crippen LogP contribution < -0.4 is 9.62 Å². The molecule has 1 aliphatic heterocycles. The summed E-state index contributed by atoms with van der Waals surface area (Å²) in [5, 5.41) is 16.8. The molecular formula is C21H24F2N6S. The summed E-state index contributed by atoms with van der Waals surface area (Å²) in [6, 6.07) is 7.91. The topological polar surface area (TPSA) is 91.6 Å². The number of rotatable bonds is 8. The van der Waals surface area contributed by atoms with Crippen molar-refractivity contribution in [3.05, 3.63) is 41.9 Å². The summed E-state index contributed by atoms with van der Waals surface area (Å²) in [6.07, 6.45) is 5.46. The van der Waals surface area contributed by atoms with E-state index in [0.29, 0.717) is 17.3 Å². The molecule has 1 aliphatic rings. The normalized spacial score (nSPS) is 16.9. The number of imidazole rings is 1. The van der Waals surface area contributed by atoms with Gasteiger partial charge in [0.1, 0.15) is 11.9 Å². The minimum absolute atomic E-state index is 0.391. The molecule has 0 bridgehead atoms. The van der Waals surface area contributed by atoms with E-state index in [-0.39, 0.29) is 0 Å². The lowest BCUT2D eigenvalue weighted by Crippen LogP contribution is -2.39. The minimum Gasteiger partial charge on any atom is -0.370 e. The Labute approximate surface area is 179 Å². The number of nitrogens with one attached hydrogen (secondary N) is 3. The van der Waals surface area contributed by atoms with Crippen molar-refractivity contribution in [2.75, 3.05) is 30.8 Å². The molecule has 0 aliphatic carbocycles. The number of hydrogen-bond donors (Lipinski definition) is 3. The standard InChI is InChI=1S/C21H24F2N6S/c1-30-27-11-14-3-2-8-29(13-14)19-9-15(4-5-16(19)10-24)18-12-26-20(28-18)7-6-17(25)21(22)23/h4-7,9,12,14,21,25,27H,2-3,8,11,13H2,1H3,(H,26,28)/b7-6-,25-17?. The Kier molecular flexibility index (Phi) is 7.60. The summed E-state index contributed by atoms with van der Waals surface area (Å²) in [5.41, 5.74) is 2.35. The molecule has 3 rings (SSSR count). The van der Waals surface area contributed by atoms with Crippen molar-refractivity contribution in [3.8, 4) is 17.3 Å². The second kappa shape index (κ2) is 10.4. The zero-order chi connectivity index (χ0) is 21.5. The van der Waals surface area contributed by atoms with Gasteiger partial charge in [-0.2, -0.15) is 5.26 Å². The van der Waals surface area contributed by atoms with Crippen LogP contribution in [0.25, 0.3) is 17.3 Å². The fourth-order valence-corrected chi connectivity index (χ4v) is 3.92. The first-order chi connectivity index (χ1) is 14.5. The van der Waals surface area contributed by atoms with Gasteiger partial charge in [0.15, 0.2) is 0 Å². The van der Waals surface area contributed by atoms with E-state index in [1.165, 1.54) is 6.08 Å². The van der Waals surface area contributed by atoms with Crippen LogP contribution in [0.4, 0.5) is 14.5 Å². The predicted molar refractivity (Wildman–Crippen MR) is 118 cm³/mol. The Morgan fingerprint density at radius 3 is 3.10 bits per heavy atom. The fraction of sp³-hybridized carbons (Fsp3) is 0.381. The number of piperidine rings is 1. The van der Waals surface area contributed by atoms with E-state index >= 15 is 0 Å². The first-order valence-corrected chi connectivity index (χ1v) is 10.9. The predicted octanol–water partition coefficient (Wildman–Crippen LogP) is 4.33. The van der Waals surface area contributed by atoms with Crippen LogP contribution >= 0.6 is 11.9 Å². The van der Waals surface area contributed by atoms with Crippen molar-refractivity contribution in [3.63, 3.8) is 0 Å². The van der Waals surface area contributed by atoms with Crippen molar-refractivity contribution in [1.82, 2.24) is 14.7 Å². The van der Waals surface area contributed by atoms with Gasteiger partial charge in [0.2, 0.25) is 0 Å². The molecule has 0 radical (unpaired) electrons. The van der Waals surface area contributed by atoms with Gasteiger partial charge in [0.05, 0.1) is 28.9 Å². The van der Waals surface area contributed by atoms with Gasteiger partial charge in [-0.3, -0.25) is 10.1 Å². The van der Waals surface area contributed by atoms with E-state index in [1.54, 1.807) is 24.2 Å². The summed E-state index contributed by atoms with van der Waals surface area (Å²) in [6.45, 7) is 2.72. The fourth-order valence-electron chi connectivity index (χ4n) is 3.52. The average Bonchev–Trinajstić information content (AvgIpc) is 3.24. The van der Waals surface area contributed by atoms with Gasteiger partial charge < -0.3 is 9.88 Å². The van der Waals surface area contributed by atoms with Crippen LogP contribution in [0.5, 0.6) is 0 Å². The molecule has 1 aromatic heterocycles. The molecule has 2 heterocycles. The average molecular weight is 431 g/mol. The highest BCUT2D eigenvalue weighted by Gasteiger charge is 2.22. The van der Waals surface area contributed by atoms with Crippen LogP contribution in [-0.2, 0) is 0 Å². The molecule has 1 unspecified atom stereocenters. The number of halogens is 2. The summed E-state index contributed by atoms with van der Waals surface area (Å²) >= 11 is 1.62. The summed E-state index contributed by atoms with van der Waals surface area (Å²) in [4.78, 5) is 9.52. The number of allylic oxidation sites excluding steroid dienone is 1. The van der Waals surface area contributed by atoms with Gasteiger partial charge in [0, 0.05) is 25.2 Å². The third kappa shape index (κ3) is 5.46. The molecule has 2 aromatic rings. The minimum atomic E-state index is -2.81. The van der Waals surface area contributed by atoms with Crippen LogP contribution in [-0.4, -0.2) is 48.0 Å². The number of hydrogen-bond acceptors (Lipinski definition) is 6. The number of benzene rings is 1. The second-order valence-corrected chi connectivity index (χ2v) is 7.82. The van der Waals surface area contributed by atoms with Crippen LogP contribution in [0.1, 0.15) is 24.2 Å². The molecule has 158 valence electrons. The van der Waals surface area contributed by atoms with E-state index < -0.39 is 12.1 Å². The number of H-pyrrole nitrogens is 1. The maximum Gasteiger partial charge on any atom is 0.279 e. The van der Waals surface area contributed by atoms with Gasteiger partial charge in [-0.05, 0) is 49.3 Å². The third-order valence-electron chi connectivity index (χ3n) is 5.06. The molecule has 30 heavy (non-hydrogen) atoms. The maximum absolute atomic E-state index is 12.4. The summed E-state index contributed by atoms with van der Waals surface area (Å²) in [5.74, 6) is 0.915. The van der Waals surface area contributed by atoms with Crippen molar-refractivity contribution >= 4 is 29.4 Å². The monoisotopic (exact) mass is 430 g/mol. The lowest BCUT2D eigenvalue weighted by molar-refractivity contribution is 0.226. The first kappa shape index (κ1) is 22.0. The number of aromatic amines is 1. The van der Waals surface area contributed by atoms with E-state index in [1.807, 2.05) is 18.4 Å². The Morgan fingerprint density at radius 2 is 2.37 bits per heavy atom. The van der Waals surface area contributed by atoms with Crippen LogP contribution in [0.3, 0.4) is 0 Å². The Morgan fingerprint density at radius 1 is 1.53 bits per heavy atom. The molecular weight excluding hydrogens is 406 g/mol. The zero-order valence-electron chi connectivity index (χ0n) is 16.7. The molecule has 1 saturated heterocycles. The van der Waals surface area contributed by atoms with Crippen molar-refractivity contribution < 1.29 is 8.78 Å². The smallest absolute Gasteiger partial charge is 0.279 e. The molecule has 6 nitrogen and oxygen atoms in total. The van der Waals surface area contributed by atoms with Crippen LogP contribution in [0, 0.1) is 22.7 Å². The molecule has 0 amide bonds. The summed E-state index contributed by atoms with van der Waals surface area (Å²) in [7, 11) is 0. The van der Waals surface area contributed by atoms with E-state index in [0.717, 1.165) is 55.5 Å². The first-order valence-electron chi connectivity index (χ1n) is 9.66. The highest BCUT2D eigenvalue weighted by atomic mass is 32.2. The van der Waals surface area contributed by atoms with Gasteiger partial charge in [-0.25, -0.2) is 13.8 Å². The van der Waals surface area contributed by atoms with Crippen molar-refractivity contribution in [2.24, 2.45) is 5.92 Å². The number of nitrogens with zero attached hydrogens (tertiary/aromatic N) is 3. The molecule has 9 heteroatoms. The van der Waals surface area contributed by atoms with Crippen molar-refractivity contribution in [2.45, 2.75) is 19.3 Å².